The van der Waals surface area contributed by atoms with Crippen molar-refractivity contribution in [1.82, 2.24) is 35.1 Å². The van der Waals surface area contributed by atoms with E-state index >= 15 is 0 Å². The molecule has 0 radical (unpaired) electrons. The summed E-state index contributed by atoms with van der Waals surface area (Å²) >= 11 is 0. The minimum absolute atomic E-state index is 0.0842. The number of carbonyl (C=O) groups excluding carboxylic acids is 1. The number of hydrogen-bond donors (Lipinski definition) is 3. The first-order chi connectivity index (χ1) is 17.6. The highest BCUT2D eigenvalue weighted by Crippen LogP contribution is 2.32. The Morgan fingerprint density at radius 1 is 0.972 bits per heavy atom. The topological polar surface area (TPSA) is 125 Å². The Bertz CT molecular complexity index is 1740. The lowest BCUT2D eigenvalue weighted by Gasteiger charge is -2.06. The Labute approximate surface area is 203 Å². The molecular formula is C26H19FN8O. The van der Waals surface area contributed by atoms with Crippen LogP contribution < -0.4 is 5.32 Å². The van der Waals surface area contributed by atoms with E-state index < -0.39 is 0 Å². The number of imidazole rings is 1. The molecule has 5 aromatic heterocycles. The lowest BCUT2D eigenvalue weighted by Crippen LogP contribution is -2.09. The Balaban J connectivity index is 1.42. The van der Waals surface area contributed by atoms with E-state index in [4.69, 9.17) is 4.98 Å². The van der Waals surface area contributed by atoms with Crippen LogP contribution in [-0.2, 0) is 4.79 Å². The van der Waals surface area contributed by atoms with E-state index in [1.807, 2.05) is 12.1 Å². The van der Waals surface area contributed by atoms with Crippen molar-refractivity contribution < 1.29 is 9.18 Å². The molecule has 0 fully saturated rings. The summed E-state index contributed by atoms with van der Waals surface area (Å²) in [5.74, 6) is 0.186. The van der Waals surface area contributed by atoms with Gasteiger partial charge < -0.3 is 10.3 Å². The first-order valence-corrected chi connectivity index (χ1v) is 11.3. The van der Waals surface area contributed by atoms with Crippen LogP contribution in [0.25, 0.3) is 55.8 Å². The van der Waals surface area contributed by atoms with Gasteiger partial charge in [-0.1, -0.05) is 19.1 Å². The van der Waals surface area contributed by atoms with Crippen LogP contribution in [0.15, 0.2) is 67.4 Å². The fourth-order valence-electron chi connectivity index (χ4n) is 4.05. The maximum absolute atomic E-state index is 13.4. The standard InChI is InChI=1S/C26H19FN8O/c1-2-22(36)31-18-7-15(9-28-11-18)16-8-19-24(34-35-25(19)30-10-16)26-32-21-13-29-12-20(23(21)33-26)14-3-5-17(27)6-4-14/h3-13H,2H2,1H3,(H,31,36)(H,32,33)(H,30,34,35). The molecule has 0 unspecified atom stereocenters. The molecule has 10 heteroatoms. The van der Waals surface area contributed by atoms with E-state index in [9.17, 15) is 9.18 Å². The molecule has 5 heterocycles. The average Bonchev–Trinajstić information content (AvgIpc) is 3.53. The second-order valence-electron chi connectivity index (χ2n) is 8.23. The van der Waals surface area contributed by atoms with E-state index in [2.05, 4.69) is 35.5 Å². The third-order valence-electron chi connectivity index (χ3n) is 5.87. The number of anilines is 1. The van der Waals surface area contributed by atoms with Crippen LogP contribution >= 0.6 is 0 Å². The van der Waals surface area contributed by atoms with E-state index in [-0.39, 0.29) is 11.7 Å². The van der Waals surface area contributed by atoms with Gasteiger partial charge in [-0.25, -0.2) is 14.4 Å². The molecule has 6 rings (SSSR count). The van der Waals surface area contributed by atoms with Crippen LogP contribution in [0.2, 0.25) is 0 Å². The van der Waals surface area contributed by atoms with E-state index in [0.717, 1.165) is 33.2 Å². The predicted octanol–water partition coefficient (Wildman–Crippen LogP) is 5.11. The van der Waals surface area contributed by atoms with Crippen LogP contribution in [0.5, 0.6) is 0 Å². The van der Waals surface area contributed by atoms with Crippen molar-refractivity contribution in [3.63, 3.8) is 0 Å². The summed E-state index contributed by atoms with van der Waals surface area (Å²) in [6.45, 7) is 1.79. The van der Waals surface area contributed by atoms with E-state index in [1.54, 1.807) is 50.0 Å². The summed E-state index contributed by atoms with van der Waals surface area (Å²) in [6, 6.07) is 10.0. The van der Waals surface area contributed by atoms with Crippen molar-refractivity contribution in [2.75, 3.05) is 5.32 Å². The molecule has 0 saturated heterocycles. The number of hydrogen-bond acceptors (Lipinski definition) is 6. The monoisotopic (exact) mass is 478 g/mol. The molecule has 1 amide bonds. The van der Waals surface area contributed by atoms with Crippen molar-refractivity contribution >= 4 is 33.7 Å². The number of benzene rings is 1. The number of halogens is 1. The molecule has 6 aromatic rings. The zero-order chi connectivity index (χ0) is 24.6. The zero-order valence-corrected chi connectivity index (χ0v) is 19.1. The molecule has 0 aliphatic rings. The van der Waals surface area contributed by atoms with Crippen LogP contribution in [0.3, 0.4) is 0 Å². The van der Waals surface area contributed by atoms with Crippen LogP contribution in [0, 0.1) is 5.82 Å². The SMILES string of the molecule is CCC(=O)Nc1cncc(-c2cnc3n[nH]c(-c4nc5c(-c6ccc(F)cc6)cncc5[nH]4)c3c2)c1. The third-order valence-corrected chi connectivity index (χ3v) is 5.87. The first-order valence-electron chi connectivity index (χ1n) is 11.3. The second-order valence-corrected chi connectivity index (χ2v) is 8.23. The fourth-order valence-corrected chi connectivity index (χ4v) is 4.05. The number of H-pyrrole nitrogens is 2. The highest BCUT2D eigenvalue weighted by Gasteiger charge is 2.16. The van der Waals surface area contributed by atoms with E-state index in [1.165, 1.54) is 12.1 Å². The molecular weight excluding hydrogens is 459 g/mol. The molecule has 1 aromatic carbocycles. The zero-order valence-electron chi connectivity index (χ0n) is 19.1. The van der Waals surface area contributed by atoms with Gasteiger partial charge in [-0.05, 0) is 29.8 Å². The minimum atomic E-state index is -0.303. The predicted molar refractivity (Wildman–Crippen MR) is 134 cm³/mol. The highest BCUT2D eigenvalue weighted by molar-refractivity contribution is 5.97. The highest BCUT2D eigenvalue weighted by atomic mass is 19.1. The second kappa shape index (κ2) is 8.66. The number of nitrogens with zero attached hydrogens (tertiary/aromatic N) is 5. The summed E-state index contributed by atoms with van der Waals surface area (Å²) in [5, 5.41) is 11.0. The quantitative estimate of drug-likeness (QED) is 0.316. The van der Waals surface area contributed by atoms with Gasteiger partial charge >= 0.3 is 0 Å². The van der Waals surface area contributed by atoms with Crippen molar-refractivity contribution in [2.45, 2.75) is 13.3 Å². The number of pyridine rings is 3. The van der Waals surface area contributed by atoms with Gasteiger partial charge in [0.05, 0.1) is 34.5 Å². The Hall–Kier alpha value is -4.99. The molecule has 3 N–H and O–H groups in total. The maximum Gasteiger partial charge on any atom is 0.224 e. The number of rotatable bonds is 5. The molecule has 0 aliphatic carbocycles. The molecule has 0 saturated carbocycles. The van der Waals surface area contributed by atoms with Crippen LogP contribution in [0.1, 0.15) is 13.3 Å². The molecule has 176 valence electrons. The van der Waals surface area contributed by atoms with Gasteiger partial charge in [-0.2, -0.15) is 5.10 Å². The summed E-state index contributed by atoms with van der Waals surface area (Å²) < 4.78 is 13.4. The van der Waals surface area contributed by atoms with E-state index in [0.29, 0.717) is 34.8 Å². The fraction of sp³-hybridized carbons (Fsp3) is 0.0769. The first kappa shape index (κ1) is 21.5. The molecule has 0 atom stereocenters. The molecule has 36 heavy (non-hydrogen) atoms. The molecule has 9 nitrogen and oxygen atoms in total. The van der Waals surface area contributed by atoms with Gasteiger partial charge in [-0.15, -0.1) is 0 Å². The van der Waals surface area contributed by atoms with Gasteiger partial charge in [0.1, 0.15) is 11.5 Å². The van der Waals surface area contributed by atoms with Gasteiger partial charge in [0, 0.05) is 41.7 Å². The molecule has 0 bridgehead atoms. The van der Waals surface area contributed by atoms with Gasteiger partial charge in [0.25, 0.3) is 0 Å². The number of amides is 1. The summed E-state index contributed by atoms with van der Waals surface area (Å²) in [5.41, 5.74) is 6.49. The summed E-state index contributed by atoms with van der Waals surface area (Å²) in [6.07, 6.45) is 8.82. The summed E-state index contributed by atoms with van der Waals surface area (Å²) in [7, 11) is 0. The normalized spacial score (nSPS) is 11.3. The Kier molecular flexibility index (Phi) is 5.18. The van der Waals surface area contributed by atoms with Crippen molar-refractivity contribution in [3.05, 3.63) is 73.2 Å². The van der Waals surface area contributed by atoms with Gasteiger partial charge in [0.15, 0.2) is 11.5 Å². The number of nitrogens with one attached hydrogen (secondary N) is 3. The Morgan fingerprint density at radius 2 is 1.78 bits per heavy atom. The largest absolute Gasteiger partial charge is 0.335 e. The lowest BCUT2D eigenvalue weighted by molar-refractivity contribution is -0.115. The summed E-state index contributed by atoms with van der Waals surface area (Å²) in [4.78, 5) is 33.0. The van der Waals surface area contributed by atoms with Crippen LogP contribution in [-0.4, -0.2) is 41.0 Å². The number of carbonyl (C=O) groups is 1. The van der Waals surface area contributed by atoms with Crippen molar-refractivity contribution in [3.8, 4) is 33.8 Å². The number of aromatic nitrogens is 7. The lowest BCUT2D eigenvalue weighted by atomic mass is 10.1. The molecule has 0 aliphatic heterocycles. The van der Waals surface area contributed by atoms with Gasteiger partial charge in [-0.3, -0.25) is 19.9 Å². The van der Waals surface area contributed by atoms with Crippen LogP contribution in [0.4, 0.5) is 10.1 Å². The maximum atomic E-state index is 13.4. The number of aromatic amines is 2. The van der Waals surface area contributed by atoms with Gasteiger partial charge in [0.2, 0.25) is 5.91 Å². The molecule has 0 spiro atoms. The third kappa shape index (κ3) is 3.84. The van der Waals surface area contributed by atoms with Crippen molar-refractivity contribution in [1.29, 1.82) is 0 Å². The smallest absolute Gasteiger partial charge is 0.224 e. The average molecular weight is 478 g/mol. The minimum Gasteiger partial charge on any atom is -0.335 e. The van der Waals surface area contributed by atoms with Crippen molar-refractivity contribution in [2.24, 2.45) is 0 Å². The number of fused-ring (bicyclic) bond motifs is 2. The Morgan fingerprint density at radius 3 is 2.61 bits per heavy atom.